The van der Waals surface area contributed by atoms with Crippen LogP contribution in [0.1, 0.15) is 35.9 Å². The van der Waals surface area contributed by atoms with Crippen molar-refractivity contribution >= 4 is 23.1 Å². The van der Waals surface area contributed by atoms with Gasteiger partial charge < -0.3 is 10.6 Å². The molecule has 1 unspecified atom stereocenters. The average Bonchev–Trinajstić information content (AvgIpc) is 2.94. The molecule has 0 spiro atoms. The number of carbonyl (C=O) groups is 1. The minimum Gasteiger partial charge on any atom is -0.369 e. The molecule has 1 amide bonds. The minimum atomic E-state index is -0.214. The second kappa shape index (κ2) is 6.29. The molecule has 0 aliphatic carbocycles. The van der Waals surface area contributed by atoms with Crippen molar-refractivity contribution < 1.29 is 4.79 Å². The Labute approximate surface area is 116 Å². The minimum absolute atomic E-state index is 0.0333. The molecule has 0 aromatic carbocycles. The van der Waals surface area contributed by atoms with Crippen LogP contribution in [0.25, 0.3) is 0 Å². The van der Waals surface area contributed by atoms with Crippen molar-refractivity contribution in [2.75, 3.05) is 11.9 Å². The number of nitrogens with zero attached hydrogens (tertiary/aromatic N) is 2. The Morgan fingerprint density at radius 2 is 2.26 bits per heavy atom. The van der Waals surface area contributed by atoms with Gasteiger partial charge in [0.25, 0.3) is 5.91 Å². The van der Waals surface area contributed by atoms with Gasteiger partial charge in [0.1, 0.15) is 11.5 Å². The Hall–Kier alpha value is -1.95. The lowest BCUT2D eigenvalue weighted by Crippen LogP contribution is -2.27. The molecule has 2 aromatic heterocycles. The zero-order valence-electron chi connectivity index (χ0n) is 10.9. The maximum Gasteiger partial charge on any atom is 0.271 e. The largest absolute Gasteiger partial charge is 0.369 e. The third kappa shape index (κ3) is 3.51. The number of hydrogen-bond donors (Lipinski definition) is 2. The van der Waals surface area contributed by atoms with Gasteiger partial charge in [-0.1, -0.05) is 0 Å². The van der Waals surface area contributed by atoms with Crippen molar-refractivity contribution in [1.82, 2.24) is 15.3 Å². The molecule has 1 atom stereocenters. The van der Waals surface area contributed by atoms with Crippen molar-refractivity contribution in [2.45, 2.75) is 19.9 Å². The normalized spacial score (nSPS) is 11.9. The van der Waals surface area contributed by atoms with Crippen LogP contribution in [0.4, 0.5) is 5.82 Å². The Kier molecular flexibility index (Phi) is 4.46. The van der Waals surface area contributed by atoms with Gasteiger partial charge in [0.15, 0.2) is 0 Å². The summed E-state index contributed by atoms with van der Waals surface area (Å²) < 4.78 is 0. The highest BCUT2D eigenvalue weighted by Gasteiger charge is 2.13. The van der Waals surface area contributed by atoms with E-state index in [1.54, 1.807) is 17.5 Å². The summed E-state index contributed by atoms with van der Waals surface area (Å²) in [4.78, 5) is 20.2. The molecule has 5 nitrogen and oxygen atoms in total. The Balaban J connectivity index is 1.99. The SMILES string of the molecule is CCNc1cnc(C(=O)NC(C)c2ccsc2)cn1. The Morgan fingerprint density at radius 3 is 2.84 bits per heavy atom. The van der Waals surface area contributed by atoms with Crippen LogP contribution in [-0.2, 0) is 0 Å². The molecule has 0 saturated heterocycles. The van der Waals surface area contributed by atoms with E-state index in [2.05, 4.69) is 20.6 Å². The lowest BCUT2D eigenvalue weighted by molar-refractivity contribution is 0.0934. The van der Waals surface area contributed by atoms with E-state index >= 15 is 0 Å². The van der Waals surface area contributed by atoms with Gasteiger partial charge in [0.2, 0.25) is 0 Å². The molecule has 2 heterocycles. The molecule has 2 rings (SSSR count). The summed E-state index contributed by atoms with van der Waals surface area (Å²) in [6.07, 6.45) is 3.04. The van der Waals surface area contributed by atoms with Crippen LogP contribution in [0.5, 0.6) is 0 Å². The smallest absolute Gasteiger partial charge is 0.271 e. The van der Waals surface area contributed by atoms with E-state index in [9.17, 15) is 4.79 Å². The number of rotatable bonds is 5. The molecule has 0 fully saturated rings. The van der Waals surface area contributed by atoms with E-state index in [-0.39, 0.29) is 11.9 Å². The maximum absolute atomic E-state index is 12.0. The quantitative estimate of drug-likeness (QED) is 0.880. The Morgan fingerprint density at radius 1 is 1.42 bits per heavy atom. The van der Waals surface area contributed by atoms with Crippen molar-refractivity contribution in [3.63, 3.8) is 0 Å². The van der Waals surface area contributed by atoms with Crippen LogP contribution < -0.4 is 10.6 Å². The van der Waals surface area contributed by atoms with Crippen molar-refractivity contribution in [3.8, 4) is 0 Å². The van der Waals surface area contributed by atoms with Crippen LogP contribution in [-0.4, -0.2) is 22.4 Å². The first kappa shape index (κ1) is 13.5. The Bertz CT molecular complexity index is 524. The van der Waals surface area contributed by atoms with E-state index in [0.29, 0.717) is 11.5 Å². The van der Waals surface area contributed by atoms with Gasteiger partial charge in [-0.25, -0.2) is 9.97 Å². The van der Waals surface area contributed by atoms with Gasteiger partial charge in [-0.05, 0) is 36.2 Å². The van der Waals surface area contributed by atoms with Gasteiger partial charge in [-0.15, -0.1) is 0 Å². The summed E-state index contributed by atoms with van der Waals surface area (Å²) in [5.74, 6) is 0.458. The van der Waals surface area contributed by atoms with Crippen molar-refractivity contribution in [2.24, 2.45) is 0 Å². The summed E-state index contributed by atoms with van der Waals surface area (Å²) in [7, 11) is 0. The second-order valence-electron chi connectivity index (χ2n) is 4.07. The molecule has 100 valence electrons. The number of hydrogen-bond acceptors (Lipinski definition) is 5. The zero-order chi connectivity index (χ0) is 13.7. The predicted octanol–water partition coefficient (Wildman–Crippen LogP) is 2.46. The first-order valence-corrected chi connectivity index (χ1v) is 7.04. The maximum atomic E-state index is 12.0. The third-order valence-electron chi connectivity index (χ3n) is 2.63. The second-order valence-corrected chi connectivity index (χ2v) is 4.85. The van der Waals surface area contributed by atoms with E-state index < -0.39 is 0 Å². The van der Waals surface area contributed by atoms with Gasteiger partial charge >= 0.3 is 0 Å². The molecule has 0 aliphatic heterocycles. The molecular formula is C13H16N4OS. The summed E-state index contributed by atoms with van der Waals surface area (Å²) in [5, 5.41) is 9.94. The highest BCUT2D eigenvalue weighted by Crippen LogP contribution is 2.15. The molecule has 0 saturated carbocycles. The van der Waals surface area contributed by atoms with Crippen LogP contribution in [0, 0.1) is 0 Å². The number of aromatic nitrogens is 2. The first-order chi connectivity index (χ1) is 9.20. The molecule has 19 heavy (non-hydrogen) atoms. The third-order valence-corrected chi connectivity index (χ3v) is 3.33. The average molecular weight is 276 g/mol. The molecule has 2 aromatic rings. The fourth-order valence-corrected chi connectivity index (χ4v) is 2.35. The molecule has 0 bridgehead atoms. The highest BCUT2D eigenvalue weighted by atomic mass is 32.1. The van der Waals surface area contributed by atoms with Gasteiger partial charge in [0, 0.05) is 6.54 Å². The fraction of sp³-hybridized carbons (Fsp3) is 0.308. The number of anilines is 1. The van der Waals surface area contributed by atoms with Crippen LogP contribution >= 0.6 is 11.3 Å². The van der Waals surface area contributed by atoms with E-state index in [1.807, 2.05) is 30.7 Å². The van der Waals surface area contributed by atoms with Gasteiger partial charge in [-0.3, -0.25) is 4.79 Å². The zero-order valence-corrected chi connectivity index (χ0v) is 11.7. The standard InChI is InChI=1S/C13H16N4OS/c1-3-14-12-7-15-11(6-16-12)13(18)17-9(2)10-4-5-19-8-10/h4-9H,3H2,1-2H3,(H,14,16)(H,17,18). The van der Waals surface area contributed by atoms with E-state index in [0.717, 1.165) is 12.1 Å². The van der Waals surface area contributed by atoms with Crippen LogP contribution in [0.2, 0.25) is 0 Å². The lowest BCUT2D eigenvalue weighted by atomic mass is 10.2. The molecular weight excluding hydrogens is 260 g/mol. The lowest BCUT2D eigenvalue weighted by Gasteiger charge is -2.12. The molecule has 0 aliphatic rings. The number of nitrogens with one attached hydrogen (secondary N) is 2. The van der Waals surface area contributed by atoms with Crippen molar-refractivity contribution in [1.29, 1.82) is 0 Å². The van der Waals surface area contributed by atoms with Crippen LogP contribution in [0.15, 0.2) is 29.2 Å². The number of amides is 1. The van der Waals surface area contributed by atoms with E-state index in [1.165, 1.54) is 6.20 Å². The number of carbonyl (C=O) groups excluding carboxylic acids is 1. The first-order valence-electron chi connectivity index (χ1n) is 6.09. The van der Waals surface area contributed by atoms with E-state index in [4.69, 9.17) is 0 Å². The highest BCUT2D eigenvalue weighted by molar-refractivity contribution is 7.07. The summed E-state index contributed by atoms with van der Waals surface area (Å²) >= 11 is 1.61. The molecule has 0 radical (unpaired) electrons. The fourth-order valence-electron chi connectivity index (χ4n) is 1.59. The van der Waals surface area contributed by atoms with Gasteiger partial charge in [-0.2, -0.15) is 11.3 Å². The molecule has 2 N–H and O–H groups in total. The monoisotopic (exact) mass is 276 g/mol. The summed E-state index contributed by atoms with van der Waals surface area (Å²) in [5.41, 5.74) is 1.42. The topological polar surface area (TPSA) is 66.9 Å². The summed E-state index contributed by atoms with van der Waals surface area (Å²) in [6.45, 7) is 4.70. The molecule has 6 heteroatoms. The van der Waals surface area contributed by atoms with Crippen molar-refractivity contribution in [3.05, 3.63) is 40.5 Å². The predicted molar refractivity (Wildman–Crippen MR) is 76.4 cm³/mol. The number of thiophene rings is 1. The summed E-state index contributed by atoms with van der Waals surface area (Å²) in [6, 6.07) is 1.96. The van der Waals surface area contributed by atoms with Gasteiger partial charge in [0.05, 0.1) is 18.4 Å². The van der Waals surface area contributed by atoms with Crippen LogP contribution in [0.3, 0.4) is 0 Å².